The smallest absolute Gasteiger partial charge is 0.317 e. The highest BCUT2D eigenvalue weighted by Crippen LogP contribution is 2.36. The van der Waals surface area contributed by atoms with Crippen LogP contribution in [-0.4, -0.2) is 66.3 Å². The largest absolute Gasteiger partial charge is 0.486 e. The molecule has 0 atom stereocenters. The van der Waals surface area contributed by atoms with Gasteiger partial charge in [0.1, 0.15) is 25.4 Å². The van der Waals surface area contributed by atoms with E-state index >= 15 is 0 Å². The Bertz CT molecular complexity index is 891. The van der Waals surface area contributed by atoms with Crippen LogP contribution < -0.4 is 19.7 Å². The van der Waals surface area contributed by atoms with Gasteiger partial charge in [0.2, 0.25) is 0 Å². The van der Waals surface area contributed by atoms with Crippen molar-refractivity contribution in [2.75, 3.05) is 44.3 Å². The van der Waals surface area contributed by atoms with Crippen molar-refractivity contribution in [2.45, 2.75) is 38.1 Å². The summed E-state index contributed by atoms with van der Waals surface area (Å²) < 4.78 is 11.4. The maximum absolute atomic E-state index is 12.6. The van der Waals surface area contributed by atoms with Gasteiger partial charge in [0.15, 0.2) is 11.5 Å². The number of amides is 2. The number of urea groups is 1. The lowest BCUT2D eigenvalue weighted by Crippen LogP contribution is -2.53. The highest BCUT2D eigenvalue weighted by molar-refractivity contribution is 5.92. The SMILES string of the molecule is O=C(NC1CCCCC1)N1CCN(c2ncnc3cc4c(cc23)OCCO4)CC1. The van der Waals surface area contributed by atoms with E-state index in [1.54, 1.807) is 6.33 Å². The third-order valence-electron chi connectivity index (χ3n) is 6.08. The fourth-order valence-corrected chi connectivity index (χ4v) is 4.47. The van der Waals surface area contributed by atoms with Crippen LogP contribution in [0.4, 0.5) is 10.6 Å². The number of hydrogen-bond donors (Lipinski definition) is 1. The topological polar surface area (TPSA) is 79.8 Å². The first-order valence-electron chi connectivity index (χ1n) is 10.6. The number of carbonyl (C=O) groups excluding carboxylic acids is 1. The predicted octanol–water partition coefficient (Wildman–Crippen LogP) is 2.57. The maximum Gasteiger partial charge on any atom is 0.317 e. The third kappa shape index (κ3) is 3.75. The van der Waals surface area contributed by atoms with Crippen LogP contribution in [0.1, 0.15) is 32.1 Å². The van der Waals surface area contributed by atoms with Crippen LogP contribution >= 0.6 is 0 Å². The van der Waals surface area contributed by atoms with Crippen molar-refractivity contribution < 1.29 is 14.3 Å². The van der Waals surface area contributed by atoms with Crippen molar-refractivity contribution in [3.63, 3.8) is 0 Å². The molecule has 3 aliphatic rings. The summed E-state index contributed by atoms with van der Waals surface area (Å²) in [4.78, 5) is 25.7. The average molecular weight is 397 g/mol. The van der Waals surface area contributed by atoms with Crippen LogP contribution in [0.25, 0.3) is 10.9 Å². The zero-order valence-corrected chi connectivity index (χ0v) is 16.6. The minimum atomic E-state index is 0.0729. The highest BCUT2D eigenvalue weighted by Gasteiger charge is 2.26. The number of hydrogen-bond acceptors (Lipinski definition) is 6. The lowest BCUT2D eigenvalue weighted by Gasteiger charge is -2.36. The van der Waals surface area contributed by atoms with Gasteiger partial charge in [-0.1, -0.05) is 19.3 Å². The molecule has 5 rings (SSSR count). The van der Waals surface area contributed by atoms with Gasteiger partial charge in [-0.05, 0) is 18.9 Å². The molecule has 1 aliphatic carbocycles. The fraction of sp³-hybridized carbons (Fsp3) is 0.571. The number of benzene rings is 1. The van der Waals surface area contributed by atoms with Gasteiger partial charge in [-0.3, -0.25) is 0 Å². The van der Waals surface area contributed by atoms with E-state index in [1.807, 2.05) is 17.0 Å². The molecule has 1 aromatic carbocycles. The van der Waals surface area contributed by atoms with E-state index in [9.17, 15) is 4.79 Å². The molecule has 2 amide bonds. The third-order valence-corrected chi connectivity index (χ3v) is 6.08. The van der Waals surface area contributed by atoms with Crippen LogP contribution in [0.15, 0.2) is 18.5 Å². The molecule has 2 aliphatic heterocycles. The molecular weight excluding hydrogens is 370 g/mol. The number of carbonyl (C=O) groups is 1. The standard InChI is InChI=1S/C21H27N5O3/c27-21(24-15-4-2-1-3-5-15)26-8-6-25(7-9-26)20-16-12-18-19(29-11-10-28-18)13-17(16)22-14-23-20/h12-15H,1-11H2,(H,24,27). The number of fused-ring (bicyclic) bond motifs is 2. The number of rotatable bonds is 2. The Hall–Kier alpha value is -2.77. The lowest BCUT2D eigenvalue weighted by molar-refractivity contribution is 0.172. The summed E-state index contributed by atoms with van der Waals surface area (Å²) in [6, 6.07) is 4.31. The van der Waals surface area contributed by atoms with E-state index in [1.165, 1.54) is 19.3 Å². The van der Waals surface area contributed by atoms with Crippen molar-refractivity contribution in [1.29, 1.82) is 0 Å². The van der Waals surface area contributed by atoms with Gasteiger partial charge in [0.05, 0.1) is 5.52 Å². The van der Waals surface area contributed by atoms with Crippen LogP contribution in [-0.2, 0) is 0 Å². The lowest BCUT2D eigenvalue weighted by atomic mass is 9.96. The first-order valence-corrected chi connectivity index (χ1v) is 10.6. The van der Waals surface area contributed by atoms with Gasteiger partial charge >= 0.3 is 6.03 Å². The fourth-order valence-electron chi connectivity index (χ4n) is 4.47. The van der Waals surface area contributed by atoms with Gasteiger partial charge in [-0.15, -0.1) is 0 Å². The minimum absolute atomic E-state index is 0.0729. The van der Waals surface area contributed by atoms with Gasteiger partial charge in [-0.2, -0.15) is 0 Å². The van der Waals surface area contributed by atoms with Crippen molar-refractivity contribution >= 4 is 22.8 Å². The monoisotopic (exact) mass is 397 g/mol. The number of piperazine rings is 1. The summed E-state index contributed by atoms with van der Waals surface area (Å²) in [6.45, 7) is 3.98. The second kappa shape index (κ2) is 7.93. The van der Waals surface area contributed by atoms with Gasteiger partial charge in [0.25, 0.3) is 0 Å². The molecule has 3 heterocycles. The van der Waals surface area contributed by atoms with E-state index in [0.717, 1.165) is 54.2 Å². The Morgan fingerprint density at radius 1 is 0.966 bits per heavy atom. The molecule has 0 bridgehead atoms. The zero-order valence-electron chi connectivity index (χ0n) is 16.6. The molecule has 1 N–H and O–H groups in total. The van der Waals surface area contributed by atoms with Gasteiger partial charge in [0, 0.05) is 43.7 Å². The molecule has 2 aromatic rings. The van der Waals surface area contributed by atoms with Gasteiger partial charge < -0.3 is 24.6 Å². The van der Waals surface area contributed by atoms with E-state index < -0.39 is 0 Å². The first-order chi connectivity index (χ1) is 14.3. The summed E-state index contributed by atoms with van der Waals surface area (Å²) in [6.07, 6.45) is 7.54. The van der Waals surface area contributed by atoms with Gasteiger partial charge in [-0.25, -0.2) is 14.8 Å². The molecule has 1 aromatic heterocycles. The molecule has 0 spiro atoms. The molecular formula is C21H27N5O3. The van der Waals surface area contributed by atoms with Crippen LogP contribution in [0, 0.1) is 0 Å². The molecule has 29 heavy (non-hydrogen) atoms. The predicted molar refractivity (Wildman–Crippen MR) is 110 cm³/mol. The normalized spacial score (nSPS) is 20.0. The first kappa shape index (κ1) is 18.3. The summed E-state index contributed by atoms with van der Waals surface area (Å²) in [7, 11) is 0. The molecule has 1 saturated heterocycles. The van der Waals surface area contributed by atoms with E-state index in [2.05, 4.69) is 20.2 Å². The van der Waals surface area contributed by atoms with Crippen molar-refractivity contribution in [3.05, 3.63) is 18.5 Å². The van der Waals surface area contributed by atoms with E-state index in [0.29, 0.717) is 32.3 Å². The number of anilines is 1. The summed E-state index contributed by atoms with van der Waals surface area (Å²) >= 11 is 0. The molecule has 2 fully saturated rings. The maximum atomic E-state index is 12.6. The average Bonchev–Trinajstić information content (AvgIpc) is 2.78. The quantitative estimate of drug-likeness (QED) is 0.839. The highest BCUT2D eigenvalue weighted by atomic mass is 16.6. The Labute approximate surface area is 170 Å². The van der Waals surface area contributed by atoms with Crippen LogP contribution in [0.5, 0.6) is 11.5 Å². The number of aromatic nitrogens is 2. The van der Waals surface area contributed by atoms with E-state index in [-0.39, 0.29) is 6.03 Å². The van der Waals surface area contributed by atoms with E-state index in [4.69, 9.17) is 9.47 Å². The second-order valence-electron chi connectivity index (χ2n) is 7.97. The molecule has 8 nitrogen and oxygen atoms in total. The second-order valence-corrected chi connectivity index (χ2v) is 7.97. The summed E-state index contributed by atoms with van der Waals surface area (Å²) in [5.41, 5.74) is 0.844. The van der Waals surface area contributed by atoms with Crippen LogP contribution in [0.3, 0.4) is 0 Å². The number of nitrogens with zero attached hydrogens (tertiary/aromatic N) is 4. The Morgan fingerprint density at radius 2 is 1.69 bits per heavy atom. The molecule has 0 radical (unpaired) electrons. The van der Waals surface area contributed by atoms with Crippen molar-refractivity contribution in [3.8, 4) is 11.5 Å². The summed E-state index contributed by atoms with van der Waals surface area (Å²) in [5.74, 6) is 2.36. The summed E-state index contributed by atoms with van der Waals surface area (Å²) in [5, 5.41) is 4.17. The van der Waals surface area contributed by atoms with Crippen LogP contribution in [0.2, 0.25) is 0 Å². The Kier molecular flexibility index (Phi) is 4.99. The molecule has 8 heteroatoms. The Morgan fingerprint density at radius 3 is 2.45 bits per heavy atom. The Balaban J connectivity index is 1.28. The molecule has 1 saturated carbocycles. The zero-order chi connectivity index (χ0) is 19.6. The number of ether oxygens (including phenoxy) is 2. The minimum Gasteiger partial charge on any atom is -0.486 e. The molecule has 0 unspecified atom stereocenters. The van der Waals surface area contributed by atoms with Crippen molar-refractivity contribution in [2.24, 2.45) is 0 Å². The number of nitrogens with one attached hydrogen (secondary N) is 1. The molecule has 154 valence electrons. The van der Waals surface area contributed by atoms with Crippen molar-refractivity contribution in [1.82, 2.24) is 20.2 Å².